The van der Waals surface area contributed by atoms with Gasteiger partial charge >= 0.3 is 13.3 Å². The summed E-state index contributed by atoms with van der Waals surface area (Å²) in [6, 6.07) is 1.95. The van der Waals surface area contributed by atoms with E-state index in [9.17, 15) is 26.7 Å². The van der Waals surface area contributed by atoms with Crippen LogP contribution in [0, 0.1) is 11.6 Å². The molecule has 0 aromatic heterocycles. The first-order valence-electron chi connectivity index (χ1n) is 7.44. The molecule has 1 aromatic carbocycles. The maximum Gasteiger partial charge on any atom is 0.497 e. The lowest BCUT2D eigenvalue weighted by Crippen LogP contribution is -2.41. The molecule has 1 fully saturated rings. The number of nitrogens with one attached hydrogen (secondary N) is 1. The molecule has 1 aliphatic heterocycles. The average molecular weight is 365 g/mol. The van der Waals surface area contributed by atoms with Crippen molar-refractivity contribution in [3.8, 4) is 0 Å². The van der Waals surface area contributed by atoms with Gasteiger partial charge in [-0.05, 0) is 33.8 Å². The van der Waals surface area contributed by atoms with Gasteiger partial charge in [0.15, 0.2) is 11.6 Å². The van der Waals surface area contributed by atoms with Gasteiger partial charge < -0.3 is 14.6 Å². The van der Waals surface area contributed by atoms with E-state index in [-0.39, 0.29) is 5.46 Å². The summed E-state index contributed by atoms with van der Waals surface area (Å²) in [6.45, 7) is 5.24. The standard InChI is InChI=1S/C15H17BF5NO3/c1-13(2)14(3,4)25-16(24-13)9-6-5-8(10(17)11(9)18)12(23)22-7-15(19,20)21/h5-6H,7H2,1-4H3,(H,22,23). The van der Waals surface area contributed by atoms with E-state index in [1.54, 1.807) is 27.7 Å². The molecule has 0 atom stereocenters. The second-order valence-corrected chi connectivity index (χ2v) is 6.72. The van der Waals surface area contributed by atoms with Crippen molar-refractivity contribution in [1.29, 1.82) is 0 Å². The molecule has 138 valence electrons. The molecule has 1 aliphatic rings. The van der Waals surface area contributed by atoms with Gasteiger partial charge in [-0.3, -0.25) is 4.79 Å². The maximum absolute atomic E-state index is 14.3. The predicted molar refractivity (Wildman–Crippen MR) is 80.5 cm³/mol. The van der Waals surface area contributed by atoms with E-state index in [4.69, 9.17) is 9.31 Å². The van der Waals surface area contributed by atoms with Gasteiger partial charge in [0, 0.05) is 5.46 Å². The van der Waals surface area contributed by atoms with E-state index in [1.165, 1.54) is 5.32 Å². The van der Waals surface area contributed by atoms with Crippen LogP contribution < -0.4 is 10.8 Å². The van der Waals surface area contributed by atoms with Gasteiger partial charge in [0.2, 0.25) is 0 Å². The van der Waals surface area contributed by atoms with E-state index >= 15 is 0 Å². The number of halogens is 5. The van der Waals surface area contributed by atoms with Crippen molar-refractivity contribution in [3.05, 3.63) is 29.3 Å². The Balaban J connectivity index is 2.25. The Morgan fingerprint density at radius 1 is 1.08 bits per heavy atom. The molecule has 25 heavy (non-hydrogen) atoms. The number of rotatable bonds is 3. The highest BCUT2D eigenvalue weighted by molar-refractivity contribution is 6.62. The monoisotopic (exact) mass is 365 g/mol. The zero-order valence-electron chi connectivity index (χ0n) is 14.1. The van der Waals surface area contributed by atoms with Crippen molar-refractivity contribution < 1.29 is 36.1 Å². The van der Waals surface area contributed by atoms with Crippen molar-refractivity contribution in [2.45, 2.75) is 45.1 Å². The minimum atomic E-state index is -4.66. The van der Waals surface area contributed by atoms with Crippen LogP contribution in [0.5, 0.6) is 0 Å². The zero-order valence-corrected chi connectivity index (χ0v) is 14.1. The molecule has 0 radical (unpaired) electrons. The van der Waals surface area contributed by atoms with Crippen LogP contribution in [-0.2, 0) is 9.31 Å². The fourth-order valence-corrected chi connectivity index (χ4v) is 2.17. The molecule has 0 bridgehead atoms. The van der Waals surface area contributed by atoms with Gasteiger partial charge in [-0.2, -0.15) is 13.2 Å². The summed E-state index contributed by atoms with van der Waals surface area (Å²) in [7, 11) is -1.20. The number of benzene rings is 1. The van der Waals surface area contributed by atoms with Gasteiger partial charge in [-0.25, -0.2) is 8.78 Å². The second kappa shape index (κ2) is 6.24. The van der Waals surface area contributed by atoms with Crippen molar-refractivity contribution in [3.63, 3.8) is 0 Å². The summed E-state index contributed by atoms with van der Waals surface area (Å²) in [5, 5.41) is 1.49. The summed E-state index contributed by atoms with van der Waals surface area (Å²) in [4.78, 5) is 11.6. The lowest BCUT2D eigenvalue weighted by atomic mass is 9.78. The molecule has 0 saturated carbocycles. The van der Waals surface area contributed by atoms with Crippen molar-refractivity contribution in [1.82, 2.24) is 5.32 Å². The minimum Gasteiger partial charge on any atom is -0.399 e. The first kappa shape index (κ1) is 19.6. The molecular formula is C15H17BF5NO3. The lowest BCUT2D eigenvalue weighted by molar-refractivity contribution is -0.123. The topological polar surface area (TPSA) is 47.6 Å². The van der Waals surface area contributed by atoms with Gasteiger partial charge in [-0.1, -0.05) is 6.07 Å². The van der Waals surface area contributed by atoms with Gasteiger partial charge in [0.1, 0.15) is 6.54 Å². The maximum atomic E-state index is 14.3. The van der Waals surface area contributed by atoms with Crippen LogP contribution in [-0.4, -0.2) is 36.9 Å². The second-order valence-electron chi connectivity index (χ2n) is 6.72. The van der Waals surface area contributed by atoms with Crippen LogP contribution in [0.3, 0.4) is 0 Å². The summed E-state index contributed by atoms with van der Waals surface area (Å²) in [5.41, 5.74) is -2.68. The van der Waals surface area contributed by atoms with E-state index in [0.717, 1.165) is 12.1 Å². The van der Waals surface area contributed by atoms with E-state index in [2.05, 4.69) is 0 Å². The normalized spacial score (nSPS) is 19.2. The van der Waals surface area contributed by atoms with Crippen LogP contribution >= 0.6 is 0 Å². The van der Waals surface area contributed by atoms with Crippen LogP contribution in [0.25, 0.3) is 0 Å². The highest BCUT2D eigenvalue weighted by Gasteiger charge is 2.52. The Labute approximate surface area is 141 Å². The number of alkyl halides is 3. The van der Waals surface area contributed by atoms with E-state index in [0.29, 0.717) is 0 Å². The predicted octanol–water partition coefficient (Wildman–Crippen LogP) is 2.56. The third kappa shape index (κ3) is 3.95. The zero-order chi connectivity index (χ0) is 19.2. The largest absolute Gasteiger partial charge is 0.497 e. The Bertz CT molecular complexity index is 674. The summed E-state index contributed by atoms with van der Waals surface area (Å²) >= 11 is 0. The van der Waals surface area contributed by atoms with Crippen LogP contribution in [0.2, 0.25) is 0 Å². The molecule has 2 rings (SSSR count). The fraction of sp³-hybridized carbons (Fsp3) is 0.533. The Hall–Kier alpha value is -1.68. The van der Waals surface area contributed by atoms with Crippen LogP contribution in [0.1, 0.15) is 38.1 Å². The lowest BCUT2D eigenvalue weighted by Gasteiger charge is -2.32. The van der Waals surface area contributed by atoms with Gasteiger partial charge in [0.05, 0.1) is 16.8 Å². The summed E-state index contributed by atoms with van der Waals surface area (Å²) < 4.78 is 76.0. The van der Waals surface area contributed by atoms with Crippen LogP contribution in [0.15, 0.2) is 12.1 Å². The van der Waals surface area contributed by atoms with Gasteiger partial charge in [0.25, 0.3) is 5.91 Å². The quantitative estimate of drug-likeness (QED) is 0.662. The van der Waals surface area contributed by atoms with Gasteiger partial charge in [-0.15, -0.1) is 0 Å². The Kier molecular flexibility index (Phi) is 4.91. The third-order valence-corrected chi connectivity index (χ3v) is 4.31. The molecule has 0 spiro atoms. The number of amides is 1. The molecule has 1 heterocycles. The third-order valence-electron chi connectivity index (χ3n) is 4.31. The molecule has 10 heteroatoms. The van der Waals surface area contributed by atoms with E-state index in [1.807, 2.05) is 0 Å². The number of hydrogen-bond acceptors (Lipinski definition) is 3. The smallest absolute Gasteiger partial charge is 0.399 e. The van der Waals surface area contributed by atoms with Crippen molar-refractivity contribution in [2.24, 2.45) is 0 Å². The highest BCUT2D eigenvalue weighted by atomic mass is 19.4. The molecule has 1 saturated heterocycles. The molecule has 1 aromatic rings. The number of carbonyl (C=O) groups excluding carboxylic acids is 1. The first-order chi connectivity index (χ1) is 11.3. The van der Waals surface area contributed by atoms with Crippen molar-refractivity contribution >= 4 is 18.5 Å². The fourth-order valence-electron chi connectivity index (χ4n) is 2.17. The van der Waals surface area contributed by atoms with Crippen molar-refractivity contribution in [2.75, 3.05) is 6.54 Å². The average Bonchev–Trinajstić information content (AvgIpc) is 2.66. The molecular weight excluding hydrogens is 348 g/mol. The highest BCUT2D eigenvalue weighted by Crippen LogP contribution is 2.36. The number of hydrogen-bond donors (Lipinski definition) is 1. The minimum absolute atomic E-state index is 0.275. The molecule has 0 aliphatic carbocycles. The Morgan fingerprint density at radius 3 is 2.08 bits per heavy atom. The SMILES string of the molecule is CC1(C)OB(c2ccc(C(=O)NCC(F)(F)F)c(F)c2F)OC1(C)C. The molecule has 4 nitrogen and oxygen atoms in total. The van der Waals surface area contributed by atoms with E-state index < -0.39 is 54.1 Å². The number of carbonyl (C=O) groups is 1. The molecule has 1 amide bonds. The molecule has 0 unspecified atom stereocenters. The summed E-state index contributed by atoms with van der Waals surface area (Å²) in [5.74, 6) is -4.33. The Morgan fingerprint density at radius 2 is 1.60 bits per heavy atom. The summed E-state index contributed by atoms with van der Waals surface area (Å²) in [6.07, 6.45) is -4.66. The molecule has 1 N–H and O–H groups in total. The van der Waals surface area contributed by atoms with Crippen LogP contribution in [0.4, 0.5) is 22.0 Å². The first-order valence-corrected chi connectivity index (χ1v) is 7.44.